The lowest BCUT2D eigenvalue weighted by Gasteiger charge is -2.06. The Kier molecular flexibility index (Phi) is 3.11. The van der Waals surface area contributed by atoms with Crippen LogP contribution in [0, 0.1) is 25.2 Å². The predicted octanol–water partition coefficient (Wildman–Crippen LogP) is 1.85. The Morgan fingerprint density at radius 3 is 2.76 bits per heavy atom. The van der Waals surface area contributed by atoms with E-state index >= 15 is 0 Å². The minimum absolute atomic E-state index is 0.601. The van der Waals surface area contributed by atoms with Crippen molar-refractivity contribution < 1.29 is 0 Å². The number of aromatic nitrogens is 4. The van der Waals surface area contributed by atoms with Gasteiger partial charge in [0.1, 0.15) is 12.4 Å². The highest BCUT2D eigenvalue weighted by molar-refractivity contribution is 7.99. The van der Waals surface area contributed by atoms with Crippen LogP contribution in [0.3, 0.4) is 0 Å². The molecule has 0 aliphatic carbocycles. The lowest BCUT2D eigenvalue weighted by Crippen LogP contribution is -1.96. The number of pyridine rings is 1. The van der Waals surface area contributed by atoms with Gasteiger partial charge in [0, 0.05) is 17.6 Å². The Morgan fingerprint density at radius 2 is 2.18 bits per heavy atom. The lowest BCUT2D eigenvalue weighted by atomic mass is 10.2. The Morgan fingerprint density at radius 1 is 1.41 bits per heavy atom. The molecule has 0 aromatic carbocycles. The van der Waals surface area contributed by atoms with E-state index in [9.17, 15) is 0 Å². The fourth-order valence-electron chi connectivity index (χ4n) is 1.47. The number of hydrogen-bond donors (Lipinski definition) is 0. The summed E-state index contributed by atoms with van der Waals surface area (Å²) in [5.74, 6) is 0. The van der Waals surface area contributed by atoms with Gasteiger partial charge >= 0.3 is 0 Å². The van der Waals surface area contributed by atoms with Crippen molar-refractivity contribution in [3.63, 3.8) is 0 Å². The molecule has 0 aliphatic rings. The van der Waals surface area contributed by atoms with Gasteiger partial charge in [0.15, 0.2) is 5.16 Å². The van der Waals surface area contributed by atoms with Crippen LogP contribution < -0.4 is 0 Å². The Bertz CT molecular complexity index is 596. The molecule has 17 heavy (non-hydrogen) atoms. The van der Waals surface area contributed by atoms with Crippen LogP contribution >= 0.6 is 11.8 Å². The summed E-state index contributed by atoms with van der Waals surface area (Å²) in [7, 11) is 1.87. The van der Waals surface area contributed by atoms with Gasteiger partial charge in [-0.05, 0) is 31.7 Å². The van der Waals surface area contributed by atoms with Crippen LogP contribution in [0.5, 0.6) is 0 Å². The fourth-order valence-corrected chi connectivity index (χ4v) is 2.47. The van der Waals surface area contributed by atoms with E-state index in [0.29, 0.717) is 5.56 Å². The summed E-state index contributed by atoms with van der Waals surface area (Å²) in [6, 6.07) is 4.08. The van der Waals surface area contributed by atoms with Gasteiger partial charge in [0.25, 0.3) is 0 Å². The van der Waals surface area contributed by atoms with E-state index in [2.05, 4.69) is 21.3 Å². The summed E-state index contributed by atoms with van der Waals surface area (Å²) in [6.45, 7) is 3.75. The maximum atomic E-state index is 9.14. The topological polar surface area (TPSA) is 67.4 Å². The van der Waals surface area contributed by atoms with Crippen molar-refractivity contribution in [2.75, 3.05) is 0 Å². The molecule has 0 aliphatic heterocycles. The summed E-state index contributed by atoms with van der Waals surface area (Å²) >= 11 is 1.43. The van der Waals surface area contributed by atoms with Gasteiger partial charge < -0.3 is 4.57 Å². The molecule has 2 aromatic rings. The van der Waals surface area contributed by atoms with Crippen LogP contribution in [0.25, 0.3) is 0 Å². The maximum Gasteiger partial charge on any atom is 0.195 e. The number of nitriles is 1. The van der Waals surface area contributed by atoms with Crippen LogP contribution in [0.2, 0.25) is 0 Å². The highest BCUT2D eigenvalue weighted by Gasteiger charge is 2.12. The molecule has 0 fully saturated rings. The van der Waals surface area contributed by atoms with E-state index in [1.807, 2.05) is 31.5 Å². The molecule has 2 rings (SSSR count). The van der Waals surface area contributed by atoms with Crippen molar-refractivity contribution in [3.05, 3.63) is 29.3 Å². The van der Waals surface area contributed by atoms with Crippen molar-refractivity contribution in [2.45, 2.75) is 23.9 Å². The van der Waals surface area contributed by atoms with E-state index in [1.165, 1.54) is 11.8 Å². The van der Waals surface area contributed by atoms with Crippen molar-refractivity contribution >= 4 is 11.8 Å². The molecule has 0 N–H and O–H groups in total. The second-order valence-corrected chi connectivity index (χ2v) is 4.67. The van der Waals surface area contributed by atoms with Crippen molar-refractivity contribution in [1.29, 1.82) is 5.26 Å². The molecule has 0 spiro atoms. The van der Waals surface area contributed by atoms with E-state index in [4.69, 9.17) is 5.26 Å². The molecule has 0 amide bonds. The summed E-state index contributed by atoms with van der Waals surface area (Å²) in [5, 5.41) is 17.7. The molecule has 6 heteroatoms. The first-order valence-corrected chi connectivity index (χ1v) is 5.83. The minimum Gasteiger partial charge on any atom is -0.311 e. The van der Waals surface area contributed by atoms with Gasteiger partial charge in [-0.2, -0.15) is 5.26 Å². The van der Waals surface area contributed by atoms with Gasteiger partial charge in [-0.1, -0.05) is 0 Å². The summed E-state index contributed by atoms with van der Waals surface area (Å²) in [4.78, 5) is 5.15. The summed E-state index contributed by atoms with van der Waals surface area (Å²) < 4.78 is 1.82. The molecule has 0 saturated heterocycles. The molecule has 86 valence electrons. The van der Waals surface area contributed by atoms with E-state index in [1.54, 1.807) is 6.33 Å². The largest absolute Gasteiger partial charge is 0.311 e. The first-order valence-electron chi connectivity index (χ1n) is 5.02. The van der Waals surface area contributed by atoms with Gasteiger partial charge in [-0.15, -0.1) is 10.2 Å². The zero-order valence-electron chi connectivity index (χ0n) is 9.80. The quantitative estimate of drug-likeness (QED) is 0.807. The second kappa shape index (κ2) is 4.55. The lowest BCUT2D eigenvalue weighted by molar-refractivity contribution is 0.788. The summed E-state index contributed by atoms with van der Waals surface area (Å²) in [6.07, 6.45) is 1.63. The zero-order valence-corrected chi connectivity index (χ0v) is 10.6. The normalized spacial score (nSPS) is 10.2. The molecule has 2 aromatic heterocycles. The van der Waals surface area contributed by atoms with Crippen LogP contribution in [-0.4, -0.2) is 19.7 Å². The van der Waals surface area contributed by atoms with Crippen LogP contribution in [0.15, 0.2) is 22.4 Å². The first-order chi connectivity index (χ1) is 8.11. The van der Waals surface area contributed by atoms with Gasteiger partial charge in [0.05, 0.1) is 11.3 Å². The first kappa shape index (κ1) is 11.6. The molecule has 2 heterocycles. The molecule has 0 atom stereocenters. The van der Waals surface area contributed by atoms with Crippen LogP contribution in [0.1, 0.15) is 17.0 Å². The average molecular weight is 245 g/mol. The Balaban J connectivity index is 2.46. The molecule has 0 unspecified atom stereocenters. The van der Waals surface area contributed by atoms with Crippen molar-refractivity contribution in [3.8, 4) is 6.07 Å². The number of aryl methyl sites for hydroxylation is 3. The Hall–Kier alpha value is -1.87. The van der Waals surface area contributed by atoms with Gasteiger partial charge in [-0.3, -0.25) is 4.98 Å². The van der Waals surface area contributed by atoms with E-state index in [-0.39, 0.29) is 0 Å². The highest BCUT2D eigenvalue weighted by atomic mass is 32.2. The standard InChI is InChI=1S/C11H11N5S/c1-7-4-10(9(5-12)8(2)14-7)17-11-15-13-6-16(11)3/h4,6H,1-3H3. The van der Waals surface area contributed by atoms with Gasteiger partial charge in [0.2, 0.25) is 0 Å². The average Bonchev–Trinajstić information content (AvgIpc) is 2.64. The number of hydrogen-bond acceptors (Lipinski definition) is 5. The number of nitrogens with zero attached hydrogens (tertiary/aromatic N) is 5. The predicted molar refractivity (Wildman–Crippen MR) is 63.6 cm³/mol. The third kappa shape index (κ3) is 2.29. The van der Waals surface area contributed by atoms with Gasteiger partial charge in [-0.25, -0.2) is 0 Å². The van der Waals surface area contributed by atoms with Crippen molar-refractivity contribution in [1.82, 2.24) is 19.7 Å². The second-order valence-electron chi connectivity index (χ2n) is 3.66. The Labute approximate surface area is 104 Å². The third-order valence-corrected chi connectivity index (χ3v) is 3.37. The molecule has 0 saturated carbocycles. The smallest absolute Gasteiger partial charge is 0.195 e. The van der Waals surface area contributed by atoms with E-state index in [0.717, 1.165) is 21.4 Å². The fraction of sp³-hybridized carbons (Fsp3) is 0.273. The molecule has 0 radical (unpaired) electrons. The van der Waals surface area contributed by atoms with Crippen LogP contribution in [0.4, 0.5) is 0 Å². The summed E-state index contributed by atoms with van der Waals surface area (Å²) in [5.41, 5.74) is 2.24. The molecule has 0 bridgehead atoms. The highest BCUT2D eigenvalue weighted by Crippen LogP contribution is 2.29. The van der Waals surface area contributed by atoms with Crippen LogP contribution in [-0.2, 0) is 7.05 Å². The zero-order chi connectivity index (χ0) is 12.4. The van der Waals surface area contributed by atoms with Crippen molar-refractivity contribution in [2.24, 2.45) is 7.05 Å². The third-order valence-electron chi connectivity index (χ3n) is 2.28. The SMILES string of the molecule is Cc1cc(Sc2nncn2C)c(C#N)c(C)n1. The maximum absolute atomic E-state index is 9.14. The minimum atomic E-state index is 0.601. The monoisotopic (exact) mass is 245 g/mol. The number of rotatable bonds is 2. The molecular weight excluding hydrogens is 234 g/mol. The molecule has 5 nitrogen and oxygen atoms in total. The van der Waals surface area contributed by atoms with E-state index < -0.39 is 0 Å². The molecular formula is C11H11N5S.